The van der Waals surface area contributed by atoms with Gasteiger partial charge in [-0.1, -0.05) is 13.8 Å². The Morgan fingerprint density at radius 1 is 1.46 bits per heavy atom. The lowest BCUT2D eigenvalue weighted by atomic mass is 9.80. The first-order chi connectivity index (χ1) is 6.26. The Balaban J connectivity index is 2.67. The molecule has 0 bridgehead atoms. The molecule has 0 radical (unpaired) electrons. The number of halogens is 1. The highest BCUT2D eigenvalue weighted by atomic mass is 35.5. The third-order valence-electron chi connectivity index (χ3n) is 2.82. The van der Waals surface area contributed by atoms with Crippen molar-refractivity contribution in [2.24, 2.45) is 5.41 Å². The molecule has 3 heteroatoms. The summed E-state index contributed by atoms with van der Waals surface area (Å²) in [6, 6.07) is 0. The third-order valence-corrected chi connectivity index (χ3v) is 4.03. The summed E-state index contributed by atoms with van der Waals surface area (Å²) < 4.78 is 0. The summed E-state index contributed by atoms with van der Waals surface area (Å²) in [5.41, 5.74) is 3.34. The molecule has 0 saturated heterocycles. The van der Waals surface area contributed by atoms with Crippen LogP contribution >= 0.6 is 22.9 Å². The van der Waals surface area contributed by atoms with E-state index in [1.54, 1.807) is 11.3 Å². The number of aromatic nitrogens is 1. The van der Waals surface area contributed by atoms with Gasteiger partial charge in [-0.3, -0.25) is 0 Å². The summed E-state index contributed by atoms with van der Waals surface area (Å²) in [6.45, 7) is 4.41. The molecular weight excluding hydrogens is 202 g/mol. The fraction of sp³-hybridized carbons (Fsp3) is 0.700. The molecule has 0 saturated carbocycles. The monoisotopic (exact) mass is 217 g/mol. The van der Waals surface area contributed by atoms with Gasteiger partial charge in [0, 0.05) is 11.3 Å². The zero-order valence-electron chi connectivity index (χ0n) is 8.22. The Kier molecular flexibility index (Phi) is 4.20. The Bertz CT molecular complexity index is 221. The van der Waals surface area contributed by atoms with E-state index >= 15 is 0 Å². The van der Waals surface area contributed by atoms with Gasteiger partial charge in [0.2, 0.25) is 0 Å². The van der Waals surface area contributed by atoms with Gasteiger partial charge in [0.15, 0.2) is 0 Å². The van der Waals surface area contributed by atoms with Gasteiger partial charge in [0.05, 0.1) is 11.2 Å². The lowest BCUT2D eigenvalue weighted by Gasteiger charge is -2.28. The van der Waals surface area contributed by atoms with Crippen LogP contribution in [0.4, 0.5) is 0 Å². The van der Waals surface area contributed by atoms with Crippen molar-refractivity contribution in [3.63, 3.8) is 0 Å². The molecule has 0 unspecified atom stereocenters. The molecule has 0 aliphatic carbocycles. The van der Waals surface area contributed by atoms with Crippen LogP contribution in [0.5, 0.6) is 0 Å². The van der Waals surface area contributed by atoms with Crippen LogP contribution in [0, 0.1) is 5.41 Å². The molecule has 0 amide bonds. The molecule has 1 aromatic rings. The molecule has 0 spiro atoms. The van der Waals surface area contributed by atoms with Gasteiger partial charge in [0.1, 0.15) is 0 Å². The average Bonchev–Trinajstić information content (AvgIpc) is 2.67. The van der Waals surface area contributed by atoms with Crippen LogP contribution in [0.15, 0.2) is 10.9 Å². The molecule has 1 nitrogen and oxygen atoms in total. The fourth-order valence-electron chi connectivity index (χ4n) is 1.45. The summed E-state index contributed by atoms with van der Waals surface area (Å²) >= 11 is 7.67. The second-order valence-electron chi connectivity index (χ2n) is 3.50. The first-order valence-electron chi connectivity index (χ1n) is 4.69. The van der Waals surface area contributed by atoms with E-state index in [1.165, 1.54) is 5.69 Å². The minimum absolute atomic E-state index is 0.260. The maximum atomic E-state index is 6.02. The smallest absolute Gasteiger partial charge is 0.0794 e. The molecule has 13 heavy (non-hydrogen) atoms. The standard InChI is InChI=1S/C10H16ClNS/c1-3-10(4-2,7-11)5-9-6-13-8-12-9/h6,8H,3-5,7H2,1-2H3. The summed E-state index contributed by atoms with van der Waals surface area (Å²) in [5, 5.41) is 2.12. The van der Waals surface area contributed by atoms with Crippen molar-refractivity contribution < 1.29 is 0 Å². The molecule has 0 aliphatic heterocycles. The van der Waals surface area contributed by atoms with E-state index in [9.17, 15) is 0 Å². The fourth-order valence-corrected chi connectivity index (χ4v) is 2.48. The van der Waals surface area contributed by atoms with Gasteiger partial charge >= 0.3 is 0 Å². The van der Waals surface area contributed by atoms with Crippen LogP contribution in [0.25, 0.3) is 0 Å². The lowest BCUT2D eigenvalue weighted by Crippen LogP contribution is -2.24. The molecule has 0 N–H and O–H groups in total. The van der Waals surface area contributed by atoms with Crippen LogP contribution in [-0.2, 0) is 6.42 Å². The molecule has 1 heterocycles. The first-order valence-corrected chi connectivity index (χ1v) is 6.17. The zero-order valence-corrected chi connectivity index (χ0v) is 9.79. The van der Waals surface area contributed by atoms with E-state index in [-0.39, 0.29) is 5.41 Å². The minimum Gasteiger partial charge on any atom is -0.250 e. The predicted octanol–water partition coefficient (Wildman–Crippen LogP) is 3.73. The normalized spacial score (nSPS) is 11.9. The van der Waals surface area contributed by atoms with Crippen molar-refractivity contribution in [2.75, 3.05) is 5.88 Å². The van der Waals surface area contributed by atoms with Crippen molar-refractivity contribution >= 4 is 22.9 Å². The highest BCUT2D eigenvalue weighted by Crippen LogP contribution is 2.32. The quantitative estimate of drug-likeness (QED) is 0.685. The molecular formula is C10H16ClNS. The van der Waals surface area contributed by atoms with Crippen LogP contribution in [0.2, 0.25) is 0 Å². The number of nitrogens with zero attached hydrogens (tertiary/aromatic N) is 1. The summed E-state index contributed by atoms with van der Waals surface area (Å²) in [6.07, 6.45) is 3.28. The summed E-state index contributed by atoms with van der Waals surface area (Å²) in [7, 11) is 0. The molecule has 0 aliphatic rings. The number of thiazole rings is 1. The van der Waals surface area contributed by atoms with Crippen LogP contribution in [0.1, 0.15) is 32.4 Å². The van der Waals surface area contributed by atoms with E-state index in [0.717, 1.165) is 25.1 Å². The zero-order chi connectivity index (χ0) is 9.73. The molecule has 0 atom stereocenters. The number of hydrogen-bond donors (Lipinski definition) is 0. The predicted molar refractivity (Wildman–Crippen MR) is 59.6 cm³/mol. The largest absolute Gasteiger partial charge is 0.250 e. The van der Waals surface area contributed by atoms with Gasteiger partial charge in [-0.2, -0.15) is 0 Å². The maximum Gasteiger partial charge on any atom is 0.0794 e. The Morgan fingerprint density at radius 3 is 2.54 bits per heavy atom. The second-order valence-corrected chi connectivity index (χ2v) is 4.48. The maximum absolute atomic E-state index is 6.02. The van der Waals surface area contributed by atoms with Crippen molar-refractivity contribution in [3.8, 4) is 0 Å². The van der Waals surface area contributed by atoms with E-state index in [4.69, 9.17) is 11.6 Å². The Labute approximate surface area is 89.1 Å². The van der Waals surface area contributed by atoms with E-state index in [0.29, 0.717) is 0 Å². The van der Waals surface area contributed by atoms with Gasteiger partial charge < -0.3 is 0 Å². The van der Waals surface area contributed by atoms with Crippen molar-refractivity contribution in [1.29, 1.82) is 0 Å². The highest BCUT2D eigenvalue weighted by Gasteiger charge is 2.25. The third kappa shape index (κ3) is 2.68. The topological polar surface area (TPSA) is 12.9 Å². The molecule has 0 aromatic carbocycles. The second kappa shape index (κ2) is 4.97. The van der Waals surface area contributed by atoms with E-state index in [1.807, 2.05) is 5.51 Å². The van der Waals surface area contributed by atoms with E-state index in [2.05, 4.69) is 24.2 Å². The van der Waals surface area contributed by atoms with Gasteiger partial charge in [-0.15, -0.1) is 22.9 Å². The van der Waals surface area contributed by atoms with Crippen molar-refractivity contribution in [2.45, 2.75) is 33.1 Å². The minimum atomic E-state index is 0.260. The number of alkyl halides is 1. The molecule has 74 valence electrons. The van der Waals surface area contributed by atoms with E-state index < -0.39 is 0 Å². The summed E-state index contributed by atoms with van der Waals surface area (Å²) in [5.74, 6) is 0.734. The lowest BCUT2D eigenvalue weighted by molar-refractivity contribution is 0.299. The van der Waals surface area contributed by atoms with Gasteiger partial charge in [0.25, 0.3) is 0 Å². The van der Waals surface area contributed by atoms with Gasteiger partial charge in [-0.25, -0.2) is 4.98 Å². The Hall–Kier alpha value is -0.0800. The highest BCUT2D eigenvalue weighted by molar-refractivity contribution is 7.07. The van der Waals surface area contributed by atoms with Crippen LogP contribution < -0.4 is 0 Å². The van der Waals surface area contributed by atoms with Crippen LogP contribution in [0.3, 0.4) is 0 Å². The Morgan fingerprint density at radius 2 is 2.15 bits per heavy atom. The van der Waals surface area contributed by atoms with Crippen molar-refractivity contribution in [3.05, 3.63) is 16.6 Å². The molecule has 1 aromatic heterocycles. The van der Waals surface area contributed by atoms with Gasteiger partial charge in [-0.05, 0) is 24.7 Å². The number of hydrogen-bond acceptors (Lipinski definition) is 2. The molecule has 0 fully saturated rings. The SMILES string of the molecule is CCC(CC)(CCl)Cc1cscn1. The van der Waals surface area contributed by atoms with Crippen molar-refractivity contribution in [1.82, 2.24) is 4.98 Å². The summed E-state index contributed by atoms with van der Waals surface area (Å²) in [4.78, 5) is 4.30. The first kappa shape index (κ1) is 11.0. The average molecular weight is 218 g/mol. The van der Waals surface area contributed by atoms with Crippen LogP contribution in [-0.4, -0.2) is 10.9 Å². The number of rotatable bonds is 5. The molecule has 1 rings (SSSR count).